The lowest BCUT2D eigenvalue weighted by molar-refractivity contribution is 0.143. The second-order valence-electron chi connectivity index (χ2n) is 3.53. The number of amidine groups is 1. The van der Waals surface area contributed by atoms with Crippen molar-refractivity contribution < 1.29 is 15.1 Å². The van der Waals surface area contributed by atoms with Gasteiger partial charge in [-0.05, 0) is 5.56 Å². The minimum absolute atomic E-state index is 0.0179. The molecule has 0 fully saturated rings. The molecule has 4 N–H and O–H groups in total. The average Bonchev–Trinajstić information content (AvgIpc) is 2.34. The third kappa shape index (κ3) is 4.42. The van der Waals surface area contributed by atoms with Crippen molar-refractivity contribution in [2.75, 3.05) is 6.54 Å². The second-order valence-corrected chi connectivity index (χ2v) is 3.53. The molecule has 0 unspecified atom stereocenters. The molecule has 0 heterocycles. The van der Waals surface area contributed by atoms with E-state index in [0.717, 1.165) is 5.56 Å². The number of oxime groups is 1. The maximum atomic E-state index is 11.0. The van der Waals surface area contributed by atoms with Crippen LogP contribution in [0.15, 0.2) is 35.5 Å². The Balaban J connectivity index is 2.58. The van der Waals surface area contributed by atoms with Gasteiger partial charge in [0.1, 0.15) is 5.84 Å². The number of amides is 1. The van der Waals surface area contributed by atoms with Crippen molar-refractivity contribution in [1.29, 1.82) is 0 Å². The van der Waals surface area contributed by atoms with Crippen molar-refractivity contribution in [3.05, 3.63) is 35.9 Å². The van der Waals surface area contributed by atoms with E-state index in [2.05, 4.69) is 5.16 Å². The highest BCUT2D eigenvalue weighted by Gasteiger charge is 2.12. The van der Waals surface area contributed by atoms with Gasteiger partial charge in [-0.3, -0.25) is 0 Å². The van der Waals surface area contributed by atoms with Gasteiger partial charge in [0.15, 0.2) is 0 Å². The van der Waals surface area contributed by atoms with Gasteiger partial charge in [-0.1, -0.05) is 35.5 Å². The highest BCUT2D eigenvalue weighted by Crippen LogP contribution is 2.05. The van der Waals surface area contributed by atoms with Gasteiger partial charge in [-0.15, -0.1) is 0 Å². The number of rotatable bonds is 5. The summed E-state index contributed by atoms with van der Waals surface area (Å²) in [5, 5.41) is 20.2. The quantitative estimate of drug-likeness (QED) is 0.311. The van der Waals surface area contributed by atoms with E-state index in [1.807, 2.05) is 30.3 Å². The first-order chi connectivity index (χ1) is 8.13. The molecule has 0 aliphatic rings. The molecule has 6 nitrogen and oxygen atoms in total. The van der Waals surface area contributed by atoms with Crippen molar-refractivity contribution in [3.8, 4) is 0 Å². The normalized spacial score (nSPS) is 11.2. The molecule has 0 saturated heterocycles. The van der Waals surface area contributed by atoms with Crippen molar-refractivity contribution in [1.82, 2.24) is 4.90 Å². The van der Waals surface area contributed by atoms with E-state index in [-0.39, 0.29) is 25.3 Å². The Morgan fingerprint density at radius 2 is 2.00 bits per heavy atom. The smallest absolute Gasteiger partial charge is 0.407 e. The van der Waals surface area contributed by atoms with Gasteiger partial charge in [0.25, 0.3) is 0 Å². The molecule has 0 atom stereocenters. The first kappa shape index (κ1) is 12.8. The van der Waals surface area contributed by atoms with Crippen LogP contribution in [0.25, 0.3) is 0 Å². The van der Waals surface area contributed by atoms with Crippen LogP contribution in [-0.2, 0) is 6.54 Å². The van der Waals surface area contributed by atoms with Crippen LogP contribution in [0.4, 0.5) is 4.79 Å². The molecule has 1 aromatic rings. The minimum atomic E-state index is -1.03. The van der Waals surface area contributed by atoms with Gasteiger partial charge < -0.3 is 20.9 Å². The largest absolute Gasteiger partial charge is 0.465 e. The van der Waals surface area contributed by atoms with Crippen LogP contribution in [0.2, 0.25) is 0 Å². The summed E-state index contributed by atoms with van der Waals surface area (Å²) in [5.41, 5.74) is 6.19. The van der Waals surface area contributed by atoms with E-state index in [1.54, 1.807) is 0 Å². The zero-order valence-electron chi connectivity index (χ0n) is 9.28. The molecule has 1 amide bonds. The molecule has 0 radical (unpaired) electrons. The van der Waals surface area contributed by atoms with Crippen molar-refractivity contribution in [2.45, 2.75) is 13.0 Å². The van der Waals surface area contributed by atoms with E-state index in [4.69, 9.17) is 16.0 Å². The molecule has 1 rings (SSSR count). The maximum absolute atomic E-state index is 11.0. The first-order valence-corrected chi connectivity index (χ1v) is 5.11. The topological polar surface area (TPSA) is 99.2 Å². The maximum Gasteiger partial charge on any atom is 0.407 e. The summed E-state index contributed by atoms with van der Waals surface area (Å²) < 4.78 is 0. The number of hydrogen-bond donors (Lipinski definition) is 3. The Morgan fingerprint density at radius 1 is 1.35 bits per heavy atom. The Labute approximate surface area is 99.0 Å². The van der Waals surface area contributed by atoms with Crippen LogP contribution in [0, 0.1) is 0 Å². The molecule has 92 valence electrons. The van der Waals surface area contributed by atoms with E-state index in [9.17, 15) is 4.79 Å². The van der Waals surface area contributed by atoms with E-state index in [0.29, 0.717) is 0 Å². The molecule has 0 saturated carbocycles. The van der Waals surface area contributed by atoms with Crippen molar-refractivity contribution in [3.63, 3.8) is 0 Å². The summed E-state index contributed by atoms with van der Waals surface area (Å²) in [4.78, 5) is 12.2. The van der Waals surface area contributed by atoms with Gasteiger partial charge in [0.2, 0.25) is 0 Å². The number of benzene rings is 1. The fraction of sp³-hybridized carbons (Fsp3) is 0.273. The van der Waals surface area contributed by atoms with Gasteiger partial charge >= 0.3 is 6.09 Å². The summed E-state index contributed by atoms with van der Waals surface area (Å²) in [6.07, 6.45) is -0.824. The fourth-order valence-corrected chi connectivity index (χ4v) is 1.35. The van der Waals surface area contributed by atoms with Crippen LogP contribution >= 0.6 is 0 Å². The predicted octanol–water partition coefficient (Wildman–Crippen LogP) is 1.30. The van der Waals surface area contributed by atoms with Crippen LogP contribution in [-0.4, -0.2) is 33.7 Å². The summed E-state index contributed by atoms with van der Waals surface area (Å²) >= 11 is 0. The summed E-state index contributed by atoms with van der Waals surface area (Å²) in [7, 11) is 0. The predicted molar refractivity (Wildman–Crippen MR) is 62.9 cm³/mol. The number of nitrogens with two attached hydrogens (primary N) is 1. The highest BCUT2D eigenvalue weighted by molar-refractivity contribution is 5.80. The standard InChI is InChI=1S/C11H15N3O3/c12-10(13-17)6-7-14(11(15)16)8-9-4-2-1-3-5-9/h1-5,17H,6-8H2,(H2,12,13)(H,15,16). The zero-order valence-corrected chi connectivity index (χ0v) is 9.28. The Kier molecular flexibility index (Phi) is 4.80. The summed E-state index contributed by atoms with van der Waals surface area (Å²) in [6, 6.07) is 9.25. The van der Waals surface area contributed by atoms with Crippen LogP contribution in [0.1, 0.15) is 12.0 Å². The molecule has 1 aromatic carbocycles. The zero-order chi connectivity index (χ0) is 12.7. The van der Waals surface area contributed by atoms with Crippen molar-refractivity contribution >= 4 is 11.9 Å². The number of hydrogen-bond acceptors (Lipinski definition) is 3. The molecular formula is C11H15N3O3. The third-order valence-corrected chi connectivity index (χ3v) is 2.25. The molecule has 0 spiro atoms. The molecule has 0 aromatic heterocycles. The Hall–Kier alpha value is -2.24. The third-order valence-electron chi connectivity index (χ3n) is 2.25. The van der Waals surface area contributed by atoms with Crippen LogP contribution in [0.3, 0.4) is 0 Å². The SMILES string of the molecule is N/C(CCN(Cc1ccccc1)C(=O)O)=N/O. The summed E-state index contributed by atoms with van der Waals surface area (Å²) in [5.74, 6) is 0.0179. The minimum Gasteiger partial charge on any atom is -0.465 e. The average molecular weight is 237 g/mol. The Bertz CT molecular complexity index is 392. The molecule has 0 bridgehead atoms. The molecule has 17 heavy (non-hydrogen) atoms. The Morgan fingerprint density at radius 3 is 2.53 bits per heavy atom. The lowest BCUT2D eigenvalue weighted by Crippen LogP contribution is -2.32. The molecule has 0 aliphatic carbocycles. The number of carboxylic acid groups (broad SMARTS) is 1. The highest BCUT2D eigenvalue weighted by atomic mass is 16.4. The number of nitrogens with zero attached hydrogens (tertiary/aromatic N) is 2. The van der Waals surface area contributed by atoms with Crippen LogP contribution in [0.5, 0.6) is 0 Å². The number of carbonyl (C=O) groups is 1. The van der Waals surface area contributed by atoms with Gasteiger partial charge in [-0.2, -0.15) is 0 Å². The van der Waals surface area contributed by atoms with E-state index in [1.165, 1.54) is 4.90 Å². The van der Waals surface area contributed by atoms with E-state index < -0.39 is 6.09 Å². The molecule has 0 aliphatic heterocycles. The van der Waals surface area contributed by atoms with Crippen LogP contribution < -0.4 is 5.73 Å². The summed E-state index contributed by atoms with van der Waals surface area (Å²) in [6.45, 7) is 0.481. The van der Waals surface area contributed by atoms with E-state index >= 15 is 0 Å². The molecule has 6 heteroatoms. The van der Waals surface area contributed by atoms with Gasteiger partial charge in [0.05, 0.1) is 0 Å². The fourth-order valence-electron chi connectivity index (χ4n) is 1.35. The first-order valence-electron chi connectivity index (χ1n) is 5.11. The van der Waals surface area contributed by atoms with Gasteiger partial charge in [0, 0.05) is 19.5 Å². The monoisotopic (exact) mass is 237 g/mol. The van der Waals surface area contributed by atoms with Gasteiger partial charge in [-0.25, -0.2) is 4.79 Å². The lowest BCUT2D eigenvalue weighted by Gasteiger charge is -2.18. The molecular weight excluding hydrogens is 222 g/mol. The van der Waals surface area contributed by atoms with Crippen molar-refractivity contribution in [2.24, 2.45) is 10.9 Å². The lowest BCUT2D eigenvalue weighted by atomic mass is 10.2. The second kappa shape index (κ2) is 6.37.